The van der Waals surface area contributed by atoms with Gasteiger partial charge in [-0.1, -0.05) is 0 Å². The number of amides is 1. The molecule has 5 heteroatoms. The zero-order chi connectivity index (χ0) is 13.2. The van der Waals surface area contributed by atoms with E-state index in [0.29, 0.717) is 31.9 Å². The highest BCUT2D eigenvalue weighted by Crippen LogP contribution is 2.14. The van der Waals surface area contributed by atoms with Crippen molar-refractivity contribution in [3.8, 4) is 0 Å². The molecule has 0 aliphatic carbocycles. The van der Waals surface area contributed by atoms with Gasteiger partial charge in [0.25, 0.3) is 5.91 Å². The Labute approximate surface area is 112 Å². The van der Waals surface area contributed by atoms with Gasteiger partial charge in [-0.25, -0.2) is 0 Å². The van der Waals surface area contributed by atoms with Crippen LogP contribution in [0.4, 0.5) is 0 Å². The van der Waals surface area contributed by atoms with Gasteiger partial charge < -0.3 is 14.8 Å². The van der Waals surface area contributed by atoms with Crippen LogP contribution in [0.1, 0.15) is 10.4 Å². The van der Waals surface area contributed by atoms with Gasteiger partial charge in [0.15, 0.2) is 0 Å². The van der Waals surface area contributed by atoms with Crippen molar-refractivity contribution in [1.29, 1.82) is 0 Å². The summed E-state index contributed by atoms with van der Waals surface area (Å²) in [7, 11) is 1.63. The quantitative estimate of drug-likeness (QED) is 0.577. The molecule has 0 aliphatic heterocycles. The maximum absolute atomic E-state index is 11.7. The van der Waals surface area contributed by atoms with Crippen LogP contribution in [-0.4, -0.2) is 45.6 Å². The standard InChI is InChI=1S/C13H19NO3S/c1-16-9-10-17-8-7-14-13(15)11-3-5-12(18-2)6-4-11/h3-6H,7-10H2,1-2H3,(H,14,15). The first-order valence-electron chi connectivity index (χ1n) is 5.77. The second-order valence-electron chi connectivity index (χ2n) is 3.59. The largest absolute Gasteiger partial charge is 0.382 e. The SMILES string of the molecule is COCCOCCNC(=O)c1ccc(SC)cc1. The molecular formula is C13H19NO3S. The van der Waals surface area contributed by atoms with Crippen LogP contribution in [0.3, 0.4) is 0 Å². The van der Waals surface area contributed by atoms with Crippen LogP contribution in [0.25, 0.3) is 0 Å². The Morgan fingerprint density at radius 1 is 1.22 bits per heavy atom. The van der Waals surface area contributed by atoms with Crippen molar-refractivity contribution in [3.63, 3.8) is 0 Å². The van der Waals surface area contributed by atoms with Crippen LogP contribution < -0.4 is 5.32 Å². The van der Waals surface area contributed by atoms with Crippen LogP contribution in [0, 0.1) is 0 Å². The second-order valence-corrected chi connectivity index (χ2v) is 4.47. The molecule has 0 heterocycles. The fourth-order valence-corrected chi connectivity index (χ4v) is 1.73. The van der Waals surface area contributed by atoms with E-state index in [9.17, 15) is 4.79 Å². The average Bonchev–Trinajstić information content (AvgIpc) is 2.42. The first kappa shape index (κ1) is 15.0. The summed E-state index contributed by atoms with van der Waals surface area (Å²) in [4.78, 5) is 12.9. The minimum atomic E-state index is -0.0713. The highest BCUT2D eigenvalue weighted by Gasteiger charge is 2.03. The van der Waals surface area contributed by atoms with Crippen LogP contribution in [0.15, 0.2) is 29.2 Å². The molecule has 4 nitrogen and oxygen atoms in total. The zero-order valence-electron chi connectivity index (χ0n) is 10.8. The third kappa shape index (κ3) is 5.53. The summed E-state index contributed by atoms with van der Waals surface area (Å²) >= 11 is 1.65. The summed E-state index contributed by atoms with van der Waals surface area (Å²) in [6.07, 6.45) is 2.01. The first-order valence-corrected chi connectivity index (χ1v) is 6.99. The van der Waals surface area contributed by atoms with E-state index < -0.39 is 0 Å². The smallest absolute Gasteiger partial charge is 0.251 e. The Morgan fingerprint density at radius 3 is 2.56 bits per heavy atom. The van der Waals surface area contributed by atoms with Gasteiger partial charge in [0.05, 0.1) is 19.8 Å². The van der Waals surface area contributed by atoms with E-state index in [1.54, 1.807) is 18.9 Å². The number of hydrogen-bond acceptors (Lipinski definition) is 4. The van der Waals surface area contributed by atoms with E-state index in [2.05, 4.69) is 5.32 Å². The van der Waals surface area contributed by atoms with Crippen molar-refractivity contribution in [3.05, 3.63) is 29.8 Å². The molecule has 1 rings (SSSR count). The van der Waals surface area contributed by atoms with Gasteiger partial charge in [-0.05, 0) is 30.5 Å². The molecule has 0 saturated carbocycles. The molecule has 18 heavy (non-hydrogen) atoms. The maximum Gasteiger partial charge on any atom is 0.251 e. The van der Waals surface area contributed by atoms with Gasteiger partial charge in [-0.3, -0.25) is 4.79 Å². The fourth-order valence-electron chi connectivity index (χ4n) is 1.33. The van der Waals surface area contributed by atoms with Crippen molar-refractivity contribution < 1.29 is 14.3 Å². The number of methoxy groups -OCH3 is 1. The minimum absolute atomic E-state index is 0.0713. The van der Waals surface area contributed by atoms with Crippen molar-refractivity contribution in [2.75, 3.05) is 39.7 Å². The third-order valence-electron chi connectivity index (χ3n) is 2.32. The fraction of sp³-hybridized carbons (Fsp3) is 0.462. The lowest BCUT2D eigenvalue weighted by atomic mass is 10.2. The summed E-state index contributed by atoms with van der Waals surface area (Å²) < 4.78 is 10.1. The van der Waals surface area contributed by atoms with Crippen LogP contribution in [0.5, 0.6) is 0 Å². The maximum atomic E-state index is 11.7. The minimum Gasteiger partial charge on any atom is -0.382 e. The molecule has 1 amide bonds. The lowest BCUT2D eigenvalue weighted by Gasteiger charge is -2.06. The number of thioether (sulfide) groups is 1. The van der Waals surface area contributed by atoms with Gasteiger partial charge in [-0.2, -0.15) is 0 Å². The predicted molar refractivity (Wildman–Crippen MR) is 73.3 cm³/mol. The monoisotopic (exact) mass is 269 g/mol. The van der Waals surface area contributed by atoms with Crippen LogP contribution in [-0.2, 0) is 9.47 Å². The third-order valence-corrected chi connectivity index (χ3v) is 3.06. The van der Waals surface area contributed by atoms with Crippen LogP contribution in [0.2, 0.25) is 0 Å². The van der Waals surface area contributed by atoms with E-state index >= 15 is 0 Å². The molecule has 1 N–H and O–H groups in total. The van der Waals surface area contributed by atoms with Crippen molar-refractivity contribution >= 4 is 17.7 Å². The Balaban J connectivity index is 2.23. The van der Waals surface area contributed by atoms with Crippen molar-refractivity contribution in [2.24, 2.45) is 0 Å². The molecule has 0 bridgehead atoms. The van der Waals surface area contributed by atoms with Gasteiger partial charge in [0, 0.05) is 24.1 Å². The molecule has 0 saturated heterocycles. The Kier molecular flexibility index (Phi) is 7.48. The summed E-state index contributed by atoms with van der Waals surface area (Å²) in [5.41, 5.74) is 0.671. The second kappa shape index (κ2) is 8.97. The zero-order valence-corrected chi connectivity index (χ0v) is 11.6. The molecule has 0 fully saturated rings. The number of nitrogens with one attached hydrogen (secondary N) is 1. The lowest BCUT2D eigenvalue weighted by Crippen LogP contribution is -2.27. The number of ether oxygens (including phenoxy) is 2. The van der Waals surface area contributed by atoms with Crippen LogP contribution >= 0.6 is 11.8 Å². The highest BCUT2D eigenvalue weighted by molar-refractivity contribution is 7.98. The number of carbonyl (C=O) groups is 1. The molecule has 0 aromatic heterocycles. The Hall–Kier alpha value is -1.04. The van der Waals surface area contributed by atoms with E-state index in [4.69, 9.17) is 9.47 Å². The Bertz CT molecular complexity index is 354. The molecule has 0 atom stereocenters. The number of rotatable bonds is 8. The molecule has 1 aromatic rings. The van der Waals surface area contributed by atoms with Gasteiger partial charge >= 0.3 is 0 Å². The normalized spacial score (nSPS) is 10.3. The molecule has 0 unspecified atom stereocenters. The summed E-state index contributed by atoms with van der Waals surface area (Å²) in [6, 6.07) is 7.53. The average molecular weight is 269 g/mol. The van der Waals surface area contributed by atoms with Crippen molar-refractivity contribution in [1.82, 2.24) is 5.32 Å². The number of benzene rings is 1. The van der Waals surface area contributed by atoms with Gasteiger partial charge in [0.1, 0.15) is 0 Å². The van der Waals surface area contributed by atoms with E-state index in [1.807, 2.05) is 30.5 Å². The summed E-state index contributed by atoms with van der Waals surface area (Å²) in [6.45, 7) is 2.13. The summed E-state index contributed by atoms with van der Waals surface area (Å²) in [5, 5.41) is 2.80. The lowest BCUT2D eigenvalue weighted by molar-refractivity contribution is 0.0692. The number of hydrogen-bond donors (Lipinski definition) is 1. The summed E-state index contributed by atoms with van der Waals surface area (Å²) in [5.74, 6) is -0.0713. The van der Waals surface area contributed by atoms with E-state index in [-0.39, 0.29) is 5.91 Å². The molecule has 100 valence electrons. The van der Waals surface area contributed by atoms with Gasteiger partial charge in [-0.15, -0.1) is 11.8 Å². The predicted octanol–water partition coefficient (Wildman–Crippen LogP) is 1.80. The van der Waals surface area contributed by atoms with Gasteiger partial charge in [0.2, 0.25) is 0 Å². The van der Waals surface area contributed by atoms with E-state index in [0.717, 1.165) is 4.90 Å². The van der Waals surface area contributed by atoms with Crippen molar-refractivity contribution in [2.45, 2.75) is 4.90 Å². The highest BCUT2D eigenvalue weighted by atomic mass is 32.2. The molecule has 0 spiro atoms. The molecule has 0 aliphatic rings. The molecule has 1 aromatic carbocycles. The first-order chi connectivity index (χ1) is 8.77. The Morgan fingerprint density at radius 2 is 1.94 bits per heavy atom. The number of carbonyl (C=O) groups excluding carboxylic acids is 1. The molecular weight excluding hydrogens is 250 g/mol. The topological polar surface area (TPSA) is 47.6 Å². The van der Waals surface area contributed by atoms with E-state index in [1.165, 1.54) is 0 Å². The molecule has 0 radical (unpaired) electrons.